The summed E-state index contributed by atoms with van der Waals surface area (Å²) in [7, 11) is 0. The van der Waals surface area contributed by atoms with Gasteiger partial charge in [0, 0.05) is 10.3 Å². The molecule has 0 aliphatic rings. The van der Waals surface area contributed by atoms with Gasteiger partial charge in [-0.3, -0.25) is 0 Å². The van der Waals surface area contributed by atoms with E-state index in [9.17, 15) is 39.5 Å². The van der Waals surface area contributed by atoms with Crippen molar-refractivity contribution in [2.75, 3.05) is 0 Å². The summed E-state index contributed by atoms with van der Waals surface area (Å²) in [4.78, 5) is 0. The number of hydrogen-bond donors (Lipinski definition) is 0. The monoisotopic (exact) mass is 416 g/mol. The maximum Gasteiger partial charge on any atom is 0.457 e. The molecular weight excluding hydrogens is 406 g/mol. The summed E-state index contributed by atoms with van der Waals surface area (Å²) in [6, 6.07) is 0. The first-order valence-electron chi connectivity index (χ1n) is 5.05. The van der Waals surface area contributed by atoms with Crippen molar-refractivity contribution in [2.24, 2.45) is 0 Å². The summed E-state index contributed by atoms with van der Waals surface area (Å²) in [6.45, 7) is 1.49. The molecule has 0 saturated heterocycles. The van der Waals surface area contributed by atoms with E-state index in [0.717, 1.165) is 0 Å². The van der Waals surface area contributed by atoms with Crippen LogP contribution in [-0.4, -0.2) is 27.9 Å². The molecule has 0 aliphatic heterocycles. The highest BCUT2D eigenvalue weighted by Gasteiger charge is 2.80. The fourth-order valence-corrected chi connectivity index (χ4v) is 2.60. The molecule has 0 aromatic carbocycles. The van der Waals surface area contributed by atoms with Gasteiger partial charge >= 0.3 is 18.3 Å². The lowest BCUT2D eigenvalue weighted by Crippen LogP contribution is -2.62. The first-order valence-corrected chi connectivity index (χ1v) is 6.29. The average molecular weight is 416 g/mol. The van der Waals surface area contributed by atoms with Gasteiger partial charge in [0.25, 0.3) is 5.67 Å². The third kappa shape index (κ3) is 3.81. The molecule has 19 heavy (non-hydrogen) atoms. The van der Waals surface area contributed by atoms with Gasteiger partial charge in [-0.2, -0.15) is 35.1 Å². The van der Waals surface area contributed by atoms with E-state index >= 15 is 0 Å². The summed E-state index contributed by atoms with van der Waals surface area (Å²) in [5.41, 5.74) is -5.63. The van der Waals surface area contributed by atoms with Crippen LogP contribution in [0.4, 0.5) is 39.5 Å². The Labute approximate surface area is 116 Å². The molecule has 0 fully saturated rings. The van der Waals surface area contributed by atoms with Gasteiger partial charge < -0.3 is 0 Å². The standard InChI is InChI=1S/C9H10F9I/c1-2-3-5(19)4-6(10,8(13,14)15)7(11,12)9(16,17)18/h5H,2-4H2,1H3. The van der Waals surface area contributed by atoms with Gasteiger partial charge in [-0.1, -0.05) is 35.9 Å². The molecule has 0 spiro atoms. The Hall–Kier alpha value is 0.1000. The fraction of sp³-hybridized carbons (Fsp3) is 1.00. The Balaban J connectivity index is 5.56. The van der Waals surface area contributed by atoms with Crippen molar-refractivity contribution in [3.63, 3.8) is 0 Å². The van der Waals surface area contributed by atoms with Crippen molar-refractivity contribution in [1.29, 1.82) is 0 Å². The van der Waals surface area contributed by atoms with Crippen molar-refractivity contribution in [3.05, 3.63) is 0 Å². The lowest BCUT2D eigenvalue weighted by Gasteiger charge is -2.36. The maximum absolute atomic E-state index is 13.5. The summed E-state index contributed by atoms with van der Waals surface area (Å²) in [5.74, 6) is -6.49. The zero-order chi connectivity index (χ0) is 15.7. The molecule has 0 nitrogen and oxygen atoms in total. The SMILES string of the molecule is CCCC(I)CC(F)(C(F)(F)F)C(F)(F)C(F)(F)F. The molecule has 0 saturated carbocycles. The van der Waals surface area contributed by atoms with Crippen LogP contribution in [0.1, 0.15) is 26.2 Å². The van der Waals surface area contributed by atoms with Crippen LogP contribution in [0, 0.1) is 0 Å². The molecule has 0 bridgehead atoms. The van der Waals surface area contributed by atoms with Crippen LogP contribution in [0.5, 0.6) is 0 Å². The van der Waals surface area contributed by atoms with E-state index in [-0.39, 0.29) is 12.8 Å². The second kappa shape index (κ2) is 5.84. The first kappa shape index (κ1) is 19.1. The first-order chi connectivity index (χ1) is 8.20. The van der Waals surface area contributed by atoms with Crippen LogP contribution in [0.15, 0.2) is 0 Å². The van der Waals surface area contributed by atoms with Crippen molar-refractivity contribution in [3.8, 4) is 0 Å². The van der Waals surface area contributed by atoms with Crippen LogP contribution < -0.4 is 0 Å². The molecule has 2 atom stereocenters. The average Bonchev–Trinajstić information content (AvgIpc) is 2.13. The second-order valence-corrected chi connectivity index (χ2v) is 5.72. The molecule has 0 aromatic rings. The Morgan fingerprint density at radius 3 is 1.53 bits per heavy atom. The normalized spacial score (nSPS) is 19.1. The summed E-state index contributed by atoms with van der Waals surface area (Å²) in [6.07, 6.45) is -14.7. The van der Waals surface area contributed by atoms with Gasteiger partial charge in [-0.15, -0.1) is 0 Å². The van der Waals surface area contributed by atoms with Gasteiger partial charge in [-0.25, -0.2) is 4.39 Å². The molecule has 0 N–H and O–H groups in total. The minimum atomic E-state index is -6.61. The zero-order valence-electron chi connectivity index (χ0n) is 9.48. The molecule has 0 radical (unpaired) electrons. The van der Waals surface area contributed by atoms with Crippen LogP contribution in [0.2, 0.25) is 0 Å². The van der Waals surface area contributed by atoms with Gasteiger partial charge in [0.05, 0.1) is 0 Å². The van der Waals surface area contributed by atoms with Gasteiger partial charge in [-0.05, 0) is 6.42 Å². The third-order valence-corrected chi connectivity index (χ3v) is 3.47. The van der Waals surface area contributed by atoms with Crippen molar-refractivity contribution < 1.29 is 39.5 Å². The highest BCUT2D eigenvalue weighted by Crippen LogP contribution is 2.55. The van der Waals surface area contributed by atoms with E-state index in [1.807, 2.05) is 0 Å². The minimum Gasteiger partial charge on any atom is -0.227 e. The lowest BCUT2D eigenvalue weighted by atomic mass is 9.89. The smallest absolute Gasteiger partial charge is 0.227 e. The van der Waals surface area contributed by atoms with Gasteiger partial charge in [0.15, 0.2) is 0 Å². The number of alkyl halides is 10. The van der Waals surface area contributed by atoms with Crippen molar-refractivity contribution in [2.45, 2.75) is 54.1 Å². The molecule has 116 valence electrons. The highest BCUT2D eigenvalue weighted by molar-refractivity contribution is 14.1. The Kier molecular flexibility index (Phi) is 5.87. The van der Waals surface area contributed by atoms with Crippen LogP contribution in [-0.2, 0) is 0 Å². The highest BCUT2D eigenvalue weighted by atomic mass is 127. The molecule has 0 aliphatic carbocycles. The molecule has 0 aromatic heterocycles. The quantitative estimate of drug-likeness (QED) is 0.318. The maximum atomic E-state index is 13.5. The predicted molar refractivity (Wildman–Crippen MR) is 58.2 cm³/mol. The van der Waals surface area contributed by atoms with E-state index in [1.54, 1.807) is 0 Å². The molecule has 0 rings (SSSR count). The topological polar surface area (TPSA) is 0 Å². The summed E-state index contributed by atoms with van der Waals surface area (Å²) in [5, 5.41) is 0. The van der Waals surface area contributed by atoms with Crippen molar-refractivity contribution in [1.82, 2.24) is 0 Å². The summed E-state index contributed by atoms with van der Waals surface area (Å²) >= 11 is 1.23. The molecular formula is C9H10F9I. The largest absolute Gasteiger partial charge is 0.457 e. The van der Waals surface area contributed by atoms with Gasteiger partial charge in [0.2, 0.25) is 0 Å². The molecule has 2 unspecified atom stereocenters. The van der Waals surface area contributed by atoms with E-state index in [1.165, 1.54) is 29.5 Å². The van der Waals surface area contributed by atoms with Gasteiger partial charge in [0.1, 0.15) is 0 Å². The Bertz CT molecular complexity index is 295. The van der Waals surface area contributed by atoms with E-state index < -0.39 is 34.3 Å². The second-order valence-electron chi connectivity index (χ2n) is 3.96. The number of halogens is 10. The predicted octanol–water partition coefficient (Wildman–Crippen LogP) is 5.45. The van der Waals surface area contributed by atoms with E-state index in [4.69, 9.17) is 0 Å². The third-order valence-electron chi connectivity index (χ3n) is 2.41. The minimum absolute atomic E-state index is 0.101. The van der Waals surface area contributed by atoms with Crippen LogP contribution in [0.25, 0.3) is 0 Å². The Morgan fingerprint density at radius 2 is 1.26 bits per heavy atom. The number of rotatable bonds is 5. The zero-order valence-corrected chi connectivity index (χ0v) is 11.6. The Morgan fingerprint density at radius 1 is 0.842 bits per heavy atom. The van der Waals surface area contributed by atoms with Crippen molar-refractivity contribution >= 4 is 22.6 Å². The number of hydrogen-bond acceptors (Lipinski definition) is 0. The summed E-state index contributed by atoms with van der Waals surface area (Å²) < 4.78 is 111. The molecule has 10 heteroatoms. The van der Waals surface area contributed by atoms with Crippen LogP contribution >= 0.6 is 22.6 Å². The molecule has 0 heterocycles. The fourth-order valence-electron chi connectivity index (χ4n) is 1.37. The van der Waals surface area contributed by atoms with E-state index in [2.05, 4.69) is 0 Å². The molecule has 0 amide bonds. The van der Waals surface area contributed by atoms with E-state index in [0.29, 0.717) is 0 Å². The van der Waals surface area contributed by atoms with Crippen LogP contribution in [0.3, 0.4) is 0 Å². The lowest BCUT2D eigenvalue weighted by molar-refractivity contribution is -0.384.